The number of benzene rings is 2. The first kappa shape index (κ1) is 16.7. The molecule has 0 fully saturated rings. The fourth-order valence-electron chi connectivity index (χ4n) is 2.13. The molecule has 116 valence electrons. The molecule has 0 saturated heterocycles. The van der Waals surface area contributed by atoms with Gasteiger partial charge < -0.3 is 10.2 Å². The monoisotopic (exact) mass is 336 g/mol. The van der Waals surface area contributed by atoms with Crippen LogP contribution >= 0.6 is 23.2 Å². The van der Waals surface area contributed by atoms with E-state index in [-0.39, 0.29) is 12.1 Å². The summed E-state index contributed by atoms with van der Waals surface area (Å²) < 4.78 is 0. The summed E-state index contributed by atoms with van der Waals surface area (Å²) in [5.41, 5.74) is 1.92. The van der Waals surface area contributed by atoms with Crippen molar-refractivity contribution in [3.8, 4) is 0 Å². The van der Waals surface area contributed by atoms with Gasteiger partial charge in [0.25, 0.3) is 0 Å². The van der Waals surface area contributed by atoms with Crippen molar-refractivity contribution in [2.75, 3.05) is 7.05 Å². The summed E-state index contributed by atoms with van der Waals surface area (Å²) in [5, 5.41) is 4.28. The number of nitrogens with zero attached hydrogens (tertiary/aromatic N) is 1. The van der Waals surface area contributed by atoms with E-state index in [9.17, 15) is 4.79 Å². The van der Waals surface area contributed by atoms with Crippen molar-refractivity contribution in [1.82, 2.24) is 10.2 Å². The van der Waals surface area contributed by atoms with Crippen LogP contribution in [0.15, 0.2) is 48.5 Å². The summed E-state index contributed by atoms with van der Waals surface area (Å²) in [5.74, 6) is 0. The average Bonchev–Trinajstić information content (AvgIpc) is 2.49. The van der Waals surface area contributed by atoms with Gasteiger partial charge in [0.15, 0.2) is 0 Å². The molecule has 0 aromatic heterocycles. The SMILES string of the molecule is CC(NC(=O)N(C)Cc1ccc(Cl)cc1)c1ccccc1Cl. The normalized spacial score (nSPS) is 11.8. The van der Waals surface area contributed by atoms with Gasteiger partial charge in [-0.2, -0.15) is 0 Å². The molecule has 0 saturated carbocycles. The van der Waals surface area contributed by atoms with E-state index in [1.807, 2.05) is 55.5 Å². The second kappa shape index (κ2) is 7.52. The van der Waals surface area contributed by atoms with Gasteiger partial charge >= 0.3 is 6.03 Å². The summed E-state index contributed by atoms with van der Waals surface area (Å²) in [6.45, 7) is 2.42. The van der Waals surface area contributed by atoms with Crippen molar-refractivity contribution < 1.29 is 4.79 Å². The predicted octanol–water partition coefficient (Wildman–Crippen LogP) is 4.90. The highest BCUT2D eigenvalue weighted by atomic mass is 35.5. The third kappa shape index (κ3) is 4.39. The first-order chi connectivity index (χ1) is 10.5. The minimum Gasteiger partial charge on any atom is -0.331 e. The second-order valence-electron chi connectivity index (χ2n) is 5.18. The molecular weight excluding hydrogens is 319 g/mol. The number of carbonyl (C=O) groups excluding carboxylic acids is 1. The van der Waals surface area contributed by atoms with Crippen LogP contribution in [0.1, 0.15) is 24.1 Å². The molecule has 5 heteroatoms. The lowest BCUT2D eigenvalue weighted by Gasteiger charge is -2.22. The fourth-order valence-corrected chi connectivity index (χ4v) is 2.56. The Morgan fingerprint density at radius 3 is 2.41 bits per heavy atom. The minimum atomic E-state index is -0.158. The zero-order chi connectivity index (χ0) is 16.1. The summed E-state index contributed by atoms with van der Waals surface area (Å²) in [4.78, 5) is 13.9. The first-order valence-electron chi connectivity index (χ1n) is 6.98. The lowest BCUT2D eigenvalue weighted by Crippen LogP contribution is -2.38. The maximum absolute atomic E-state index is 12.3. The van der Waals surface area contributed by atoms with Gasteiger partial charge in [0.2, 0.25) is 0 Å². The Kier molecular flexibility index (Phi) is 5.69. The van der Waals surface area contributed by atoms with Crippen molar-refractivity contribution in [2.45, 2.75) is 19.5 Å². The molecule has 0 bridgehead atoms. The van der Waals surface area contributed by atoms with E-state index in [4.69, 9.17) is 23.2 Å². The van der Waals surface area contributed by atoms with Gasteiger partial charge in [0, 0.05) is 23.6 Å². The summed E-state index contributed by atoms with van der Waals surface area (Å²) >= 11 is 12.0. The molecule has 3 nitrogen and oxygen atoms in total. The van der Waals surface area contributed by atoms with Crippen molar-refractivity contribution >= 4 is 29.2 Å². The van der Waals surface area contributed by atoms with Crippen LogP contribution in [-0.4, -0.2) is 18.0 Å². The number of halogens is 2. The summed E-state index contributed by atoms with van der Waals surface area (Å²) in [6, 6.07) is 14.6. The van der Waals surface area contributed by atoms with Crippen LogP contribution in [0.2, 0.25) is 10.0 Å². The van der Waals surface area contributed by atoms with Gasteiger partial charge in [-0.3, -0.25) is 0 Å². The Balaban J connectivity index is 1.96. The number of urea groups is 1. The minimum absolute atomic E-state index is 0.151. The van der Waals surface area contributed by atoms with E-state index in [1.54, 1.807) is 11.9 Å². The highest BCUT2D eigenvalue weighted by molar-refractivity contribution is 6.31. The Bertz CT molecular complexity index is 643. The molecule has 2 rings (SSSR count). The summed E-state index contributed by atoms with van der Waals surface area (Å²) in [6.07, 6.45) is 0. The molecule has 0 heterocycles. The van der Waals surface area contributed by atoms with E-state index >= 15 is 0 Å². The van der Waals surface area contributed by atoms with Gasteiger partial charge in [-0.05, 0) is 36.2 Å². The maximum Gasteiger partial charge on any atom is 0.317 e. The van der Waals surface area contributed by atoms with Gasteiger partial charge in [-0.1, -0.05) is 53.5 Å². The number of carbonyl (C=O) groups is 1. The smallest absolute Gasteiger partial charge is 0.317 e. The van der Waals surface area contributed by atoms with Gasteiger partial charge in [0.05, 0.1) is 6.04 Å². The van der Waals surface area contributed by atoms with Gasteiger partial charge in [-0.25, -0.2) is 4.79 Å². The molecule has 2 aromatic rings. The van der Waals surface area contributed by atoms with E-state index < -0.39 is 0 Å². The van der Waals surface area contributed by atoms with Crippen LogP contribution in [0.5, 0.6) is 0 Å². The lowest BCUT2D eigenvalue weighted by molar-refractivity contribution is 0.203. The number of nitrogens with one attached hydrogen (secondary N) is 1. The van der Waals surface area contributed by atoms with E-state index in [0.717, 1.165) is 11.1 Å². The number of rotatable bonds is 4. The van der Waals surface area contributed by atoms with Gasteiger partial charge in [-0.15, -0.1) is 0 Å². The van der Waals surface area contributed by atoms with Crippen LogP contribution < -0.4 is 5.32 Å². The van der Waals surface area contributed by atoms with Crippen molar-refractivity contribution in [1.29, 1.82) is 0 Å². The molecule has 0 aliphatic rings. The Labute approximate surface area is 140 Å². The topological polar surface area (TPSA) is 32.3 Å². The lowest BCUT2D eigenvalue weighted by atomic mass is 10.1. The van der Waals surface area contributed by atoms with Crippen LogP contribution in [0.25, 0.3) is 0 Å². The second-order valence-corrected chi connectivity index (χ2v) is 6.02. The number of hydrogen-bond acceptors (Lipinski definition) is 1. The van der Waals surface area contributed by atoms with Crippen LogP contribution in [-0.2, 0) is 6.54 Å². The highest BCUT2D eigenvalue weighted by Gasteiger charge is 2.15. The molecule has 0 spiro atoms. The molecule has 1 unspecified atom stereocenters. The number of amides is 2. The number of hydrogen-bond donors (Lipinski definition) is 1. The van der Waals surface area contributed by atoms with E-state index in [1.165, 1.54) is 0 Å². The van der Waals surface area contributed by atoms with Crippen molar-refractivity contribution in [2.24, 2.45) is 0 Å². The standard InChI is InChI=1S/C17H18Cl2N2O/c1-12(15-5-3-4-6-16(15)19)20-17(22)21(2)11-13-7-9-14(18)10-8-13/h3-10,12H,11H2,1-2H3,(H,20,22). The Morgan fingerprint density at radius 1 is 1.14 bits per heavy atom. The predicted molar refractivity (Wildman–Crippen MR) is 91.3 cm³/mol. The largest absolute Gasteiger partial charge is 0.331 e. The molecule has 1 atom stereocenters. The zero-order valence-electron chi connectivity index (χ0n) is 12.5. The Hall–Kier alpha value is -1.71. The summed E-state index contributed by atoms with van der Waals surface area (Å²) in [7, 11) is 1.75. The zero-order valence-corrected chi connectivity index (χ0v) is 14.0. The quantitative estimate of drug-likeness (QED) is 0.846. The molecular formula is C17H18Cl2N2O. The average molecular weight is 337 g/mol. The molecule has 22 heavy (non-hydrogen) atoms. The maximum atomic E-state index is 12.3. The van der Waals surface area contributed by atoms with Crippen LogP contribution in [0.4, 0.5) is 4.79 Å². The van der Waals surface area contributed by atoms with Gasteiger partial charge in [0.1, 0.15) is 0 Å². The molecule has 0 radical (unpaired) electrons. The molecule has 2 aromatic carbocycles. The first-order valence-corrected chi connectivity index (χ1v) is 7.73. The van der Waals surface area contributed by atoms with Crippen LogP contribution in [0, 0.1) is 0 Å². The van der Waals surface area contributed by atoms with Crippen molar-refractivity contribution in [3.63, 3.8) is 0 Å². The van der Waals surface area contributed by atoms with E-state index in [0.29, 0.717) is 16.6 Å². The highest BCUT2D eigenvalue weighted by Crippen LogP contribution is 2.22. The molecule has 2 amide bonds. The van der Waals surface area contributed by atoms with Crippen LogP contribution in [0.3, 0.4) is 0 Å². The molecule has 1 N–H and O–H groups in total. The molecule has 0 aliphatic heterocycles. The Morgan fingerprint density at radius 2 is 1.77 bits per heavy atom. The van der Waals surface area contributed by atoms with Crippen molar-refractivity contribution in [3.05, 3.63) is 69.7 Å². The molecule has 0 aliphatic carbocycles. The third-order valence-electron chi connectivity index (χ3n) is 3.39. The fraction of sp³-hybridized carbons (Fsp3) is 0.235. The third-order valence-corrected chi connectivity index (χ3v) is 3.99. The van der Waals surface area contributed by atoms with E-state index in [2.05, 4.69) is 5.32 Å².